The monoisotopic (exact) mass is 334 g/mol. The van der Waals surface area contributed by atoms with E-state index in [9.17, 15) is 14.7 Å². The second kappa shape index (κ2) is 6.32. The Morgan fingerprint density at radius 3 is 2.46 bits per heavy atom. The lowest BCUT2D eigenvalue weighted by Gasteiger charge is -2.36. The summed E-state index contributed by atoms with van der Waals surface area (Å²) < 4.78 is 0. The summed E-state index contributed by atoms with van der Waals surface area (Å²) >= 11 is 0. The number of nitrogens with zero attached hydrogens (tertiary/aromatic N) is 2. The number of carbonyl (C=O) groups is 2. The molecule has 0 aromatic carbocycles. The van der Waals surface area contributed by atoms with E-state index in [-0.39, 0.29) is 5.91 Å². The second-order valence-electron chi connectivity index (χ2n) is 8.48. The lowest BCUT2D eigenvalue weighted by Crippen LogP contribution is -2.51. The highest BCUT2D eigenvalue weighted by Gasteiger charge is 2.48. The van der Waals surface area contributed by atoms with Gasteiger partial charge in [-0.25, -0.2) is 0 Å². The second-order valence-corrected chi connectivity index (χ2v) is 8.48. The molecule has 24 heavy (non-hydrogen) atoms. The number of carbonyl (C=O) groups excluding carboxylic acids is 1. The van der Waals surface area contributed by atoms with Crippen LogP contribution in [0.5, 0.6) is 0 Å². The van der Waals surface area contributed by atoms with Gasteiger partial charge in [0.05, 0.1) is 6.54 Å². The quantitative estimate of drug-likeness (QED) is 0.811. The van der Waals surface area contributed by atoms with Crippen molar-refractivity contribution in [2.75, 3.05) is 6.54 Å². The molecule has 3 saturated carbocycles. The molecule has 134 valence electrons. The van der Waals surface area contributed by atoms with Gasteiger partial charge in [-0.05, 0) is 63.7 Å². The largest absolute Gasteiger partial charge is 0.480 e. The van der Waals surface area contributed by atoms with Crippen molar-refractivity contribution in [3.05, 3.63) is 0 Å². The average molecular weight is 334 g/mol. The van der Waals surface area contributed by atoms with Crippen molar-refractivity contribution in [2.45, 2.75) is 88.9 Å². The van der Waals surface area contributed by atoms with Crippen LogP contribution in [0.15, 0.2) is 0 Å². The van der Waals surface area contributed by atoms with Crippen molar-refractivity contribution in [1.29, 1.82) is 0 Å². The Labute approximate surface area is 144 Å². The number of carboxylic acid groups (broad SMARTS) is 1. The molecule has 1 amide bonds. The third kappa shape index (κ3) is 3.07. The van der Waals surface area contributed by atoms with Gasteiger partial charge in [0.2, 0.25) is 5.91 Å². The Kier molecular flexibility index (Phi) is 4.31. The Hall–Kier alpha value is -1.10. The standard InChI is InChI=1S/C19H30N2O3/c1-12(13-6-7-13)21(15-8-9-15)18(22)11-20-16-5-3-2-4-14(16)10-17(20)19(23)24/h12-17H,2-11H2,1H3,(H,23,24). The highest BCUT2D eigenvalue weighted by molar-refractivity contribution is 5.81. The van der Waals surface area contributed by atoms with Crippen LogP contribution in [0.3, 0.4) is 0 Å². The van der Waals surface area contributed by atoms with Crippen LogP contribution in [0.2, 0.25) is 0 Å². The van der Waals surface area contributed by atoms with E-state index in [0.29, 0.717) is 36.5 Å². The van der Waals surface area contributed by atoms with E-state index in [4.69, 9.17) is 0 Å². The van der Waals surface area contributed by atoms with E-state index in [1.807, 2.05) is 4.90 Å². The Bertz CT molecular complexity index is 515. The van der Waals surface area contributed by atoms with Crippen molar-refractivity contribution < 1.29 is 14.7 Å². The molecule has 1 aliphatic heterocycles. The van der Waals surface area contributed by atoms with Crippen LogP contribution in [0.1, 0.15) is 64.7 Å². The minimum absolute atomic E-state index is 0.175. The molecule has 0 radical (unpaired) electrons. The molecule has 0 aromatic heterocycles. The molecule has 4 fully saturated rings. The van der Waals surface area contributed by atoms with Gasteiger partial charge in [0.25, 0.3) is 0 Å². The number of amides is 1. The number of carboxylic acids is 1. The summed E-state index contributed by atoms with van der Waals surface area (Å²) in [6.07, 6.45) is 10.0. The summed E-state index contributed by atoms with van der Waals surface area (Å²) in [7, 11) is 0. The molecule has 4 unspecified atom stereocenters. The molecule has 5 nitrogen and oxygen atoms in total. The zero-order valence-corrected chi connectivity index (χ0v) is 14.7. The molecule has 1 saturated heterocycles. The van der Waals surface area contributed by atoms with Crippen LogP contribution in [-0.4, -0.2) is 57.5 Å². The molecule has 5 heteroatoms. The van der Waals surface area contributed by atoms with E-state index >= 15 is 0 Å². The van der Waals surface area contributed by atoms with Gasteiger partial charge in [-0.1, -0.05) is 12.8 Å². The van der Waals surface area contributed by atoms with E-state index in [0.717, 1.165) is 32.1 Å². The van der Waals surface area contributed by atoms with E-state index in [2.05, 4.69) is 11.8 Å². The first-order chi connectivity index (χ1) is 11.6. The number of hydrogen-bond acceptors (Lipinski definition) is 3. The minimum Gasteiger partial charge on any atom is -0.480 e. The highest BCUT2D eigenvalue weighted by Crippen LogP contribution is 2.42. The van der Waals surface area contributed by atoms with Crippen molar-refractivity contribution in [3.63, 3.8) is 0 Å². The highest BCUT2D eigenvalue weighted by atomic mass is 16.4. The smallest absolute Gasteiger partial charge is 0.320 e. The van der Waals surface area contributed by atoms with Crippen molar-refractivity contribution >= 4 is 11.9 Å². The fraction of sp³-hybridized carbons (Fsp3) is 0.895. The summed E-state index contributed by atoms with van der Waals surface area (Å²) in [6, 6.07) is 0.597. The number of rotatable bonds is 6. The molecule has 4 atom stereocenters. The Balaban J connectivity index is 1.48. The fourth-order valence-corrected chi connectivity index (χ4v) is 5.18. The molecule has 0 aromatic rings. The maximum Gasteiger partial charge on any atom is 0.320 e. The average Bonchev–Trinajstić information content (AvgIpc) is 3.45. The Morgan fingerprint density at radius 2 is 1.83 bits per heavy atom. The van der Waals surface area contributed by atoms with E-state index in [1.54, 1.807) is 0 Å². The molecule has 3 aliphatic carbocycles. The molecular weight excluding hydrogens is 304 g/mol. The fourth-order valence-electron chi connectivity index (χ4n) is 5.18. The number of aliphatic carboxylic acids is 1. The number of likely N-dealkylation sites (tertiary alicyclic amines) is 1. The molecule has 4 aliphatic rings. The normalized spacial score (nSPS) is 34.6. The third-order valence-corrected chi connectivity index (χ3v) is 6.80. The first-order valence-corrected chi connectivity index (χ1v) is 9.86. The van der Waals surface area contributed by atoms with Crippen molar-refractivity contribution in [1.82, 2.24) is 9.80 Å². The zero-order valence-electron chi connectivity index (χ0n) is 14.7. The van der Waals surface area contributed by atoms with E-state index < -0.39 is 12.0 Å². The molecule has 1 heterocycles. The van der Waals surface area contributed by atoms with Crippen molar-refractivity contribution in [3.8, 4) is 0 Å². The molecule has 0 bridgehead atoms. The lowest BCUT2D eigenvalue weighted by atomic mass is 9.85. The molecule has 1 N–H and O–H groups in total. The summed E-state index contributed by atoms with van der Waals surface area (Å²) in [5, 5.41) is 9.64. The van der Waals surface area contributed by atoms with Gasteiger partial charge in [0.1, 0.15) is 6.04 Å². The van der Waals surface area contributed by atoms with Gasteiger partial charge in [-0.3, -0.25) is 14.5 Å². The first-order valence-electron chi connectivity index (χ1n) is 9.86. The zero-order chi connectivity index (χ0) is 16.8. The van der Waals surface area contributed by atoms with Gasteiger partial charge < -0.3 is 10.0 Å². The predicted molar refractivity (Wildman–Crippen MR) is 90.5 cm³/mol. The van der Waals surface area contributed by atoms with Gasteiger partial charge in [-0.15, -0.1) is 0 Å². The first kappa shape index (κ1) is 16.4. The minimum atomic E-state index is -0.745. The summed E-state index contributed by atoms with van der Waals surface area (Å²) in [4.78, 5) is 29.0. The maximum absolute atomic E-state index is 13.1. The van der Waals surface area contributed by atoms with Crippen LogP contribution in [0.4, 0.5) is 0 Å². The van der Waals surface area contributed by atoms with Gasteiger partial charge in [0.15, 0.2) is 0 Å². The number of fused-ring (bicyclic) bond motifs is 1. The van der Waals surface area contributed by atoms with Crippen LogP contribution < -0.4 is 0 Å². The van der Waals surface area contributed by atoms with Crippen LogP contribution in [-0.2, 0) is 9.59 Å². The van der Waals surface area contributed by atoms with Crippen LogP contribution in [0, 0.1) is 11.8 Å². The van der Waals surface area contributed by atoms with Crippen LogP contribution >= 0.6 is 0 Å². The Morgan fingerprint density at radius 1 is 1.12 bits per heavy atom. The van der Waals surface area contributed by atoms with E-state index in [1.165, 1.54) is 25.7 Å². The van der Waals surface area contributed by atoms with Crippen LogP contribution in [0.25, 0.3) is 0 Å². The van der Waals surface area contributed by atoms with Crippen molar-refractivity contribution in [2.24, 2.45) is 11.8 Å². The van der Waals surface area contributed by atoms with Gasteiger partial charge in [0, 0.05) is 18.1 Å². The molecule has 4 rings (SSSR count). The van der Waals surface area contributed by atoms with Gasteiger partial charge >= 0.3 is 5.97 Å². The molecular formula is C19H30N2O3. The third-order valence-electron chi connectivity index (χ3n) is 6.80. The predicted octanol–water partition coefficient (Wildman–Crippen LogP) is 2.49. The maximum atomic E-state index is 13.1. The lowest BCUT2D eigenvalue weighted by molar-refractivity contribution is -0.145. The number of hydrogen-bond donors (Lipinski definition) is 1. The van der Waals surface area contributed by atoms with Gasteiger partial charge in [-0.2, -0.15) is 0 Å². The summed E-state index contributed by atoms with van der Waals surface area (Å²) in [5.74, 6) is 0.577. The summed E-state index contributed by atoms with van der Waals surface area (Å²) in [5.41, 5.74) is 0. The topological polar surface area (TPSA) is 60.9 Å². The summed E-state index contributed by atoms with van der Waals surface area (Å²) in [6.45, 7) is 2.50. The SMILES string of the molecule is CC(C1CC1)N(C(=O)CN1C(C(=O)O)CC2CCCCC21)C1CC1. The molecule has 0 spiro atoms.